The number of thiophene rings is 1. The van der Waals surface area contributed by atoms with Gasteiger partial charge in [0.15, 0.2) is 0 Å². The van der Waals surface area contributed by atoms with Gasteiger partial charge in [-0.15, -0.1) is 16.2 Å². The van der Waals surface area contributed by atoms with Crippen LogP contribution in [0.25, 0.3) is 10.1 Å². The highest BCUT2D eigenvalue weighted by Gasteiger charge is 2.34. The third kappa shape index (κ3) is 3.44. The average Bonchev–Trinajstić information content (AvgIpc) is 3.10. The number of hydrazine groups is 1. The first-order valence-electron chi connectivity index (χ1n) is 7.64. The van der Waals surface area contributed by atoms with Crippen molar-refractivity contribution < 1.29 is 17.6 Å². The van der Waals surface area contributed by atoms with Crippen molar-refractivity contribution in [2.45, 2.75) is 23.5 Å². The Morgan fingerprint density at radius 2 is 2.17 bits per heavy atom. The van der Waals surface area contributed by atoms with Crippen LogP contribution < -0.4 is 10.6 Å². The number of hydrogen-bond acceptors (Lipinski definition) is 5. The summed E-state index contributed by atoms with van der Waals surface area (Å²) < 4.78 is 38.8. The second-order valence-corrected chi connectivity index (χ2v) is 8.72. The van der Waals surface area contributed by atoms with E-state index in [0.29, 0.717) is 36.0 Å². The summed E-state index contributed by atoms with van der Waals surface area (Å²) in [7, 11) is -3.87. The van der Waals surface area contributed by atoms with E-state index in [1.165, 1.54) is 24.3 Å². The van der Waals surface area contributed by atoms with Crippen LogP contribution in [0.15, 0.2) is 28.5 Å². The van der Waals surface area contributed by atoms with Crippen LogP contribution in [0.4, 0.5) is 4.39 Å². The Bertz CT molecular complexity index is 866. The number of carbonyl (C=O) groups excluding carboxylic acids is 1. The molecule has 1 atom stereocenters. The largest absolute Gasteiger partial charge is 0.330 e. The van der Waals surface area contributed by atoms with Gasteiger partial charge in [-0.3, -0.25) is 9.80 Å². The first-order valence-corrected chi connectivity index (χ1v) is 9.93. The maximum Gasteiger partial charge on any atom is 0.267 e. The van der Waals surface area contributed by atoms with Crippen molar-refractivity contribution in [2.24, 2.45) is 11.7 Å². The molecule has 1 saturated heterocycles. The lowest BCUT2D eigenvalue weighted by atomic mass is 10.0. The van der Waals surface area contributed by atoms with Crippen molar-refractivity contribution in [3.05, 3.63) is 30.1 Å². The molecule has 24 heavy (non-hydrogen) atoms. The van der Waals surface area contributed by atoms with Crippen LogP contribution >= 0.6 is 11.3 Å². The zero-order chi connectivity index (χ0) is 17.3. The summed E-state index contributed by atoms with van der Waals surface area (Å²) >= 11 is 0.973. The van der Waals surface area contributed by atoms with Crippen LogP contribution in [-0.2, 0) is 14.8 Å². The quantitative estimate of drug-likeness (QED) is 0.810. The summed E-state index contributed by atoms with van der Waals surface area (Å²) in [5.41, 5.74) is 5.45. The monoisotopic (exact) mass is 371 g/mol. The number of nitrogens with one attached hydrogen (secondary N) is 1. The fourth-order valence-corrected chi connectivity index (χ4v) is 5.25. The van der Waals surface area contributed by atoms with E-state index in [9.17, 15) is 17.6 Å². The van der Waals surface area contributed by atoms with Gasteiger partial charge in [-0.1, -0.05) is 6.07 Å². The molecule has 130 valence electrons. The molecule has 1 amide bonds. The number of rotatable bonds is 6. The van der Waals surface area contributed by atoms with Crippen molar-refractivity contribution in [3.63, 3.8) is 0 Å². The van der Waals surface area contributed by atoms with Gasteiger partial charge in [0.25, 0.3) is 10.0 Å². The third-order valence-corrected chi connectivity index (χ3v) is 6.94. The van der Waals surface area contributed by atoms with Crippen LogP contribution in [0.5, 0.6) is 0 Å². The lowest BCUT2D eigenvalue weighted by molar-refractivity contribution is -0.132. The van der Waals surface area contributed by atoms with E-state index in [4.69, 9.17) is 5.73 Å². The Morgan fingerprint density at radius 3 is 2.92 bits per heavy atom. The Labute approximate surface area is 143 Å². The molecule has 1 aromatic carbocycles. The van der Waals surface area contributed by atoms with Crippen LogP contribution in [0, 0.1) is 11.7 Å². The summed E-state index contributed by atoms with van der Waals surface area (Å²) in [6, 6.07) is 5.59. The minimum atomic E-state index is -3.87. The Morgan fingerprint density at radius 1 is 1.38 bits per heavy atom. The second kappa shape index (κ2) is 6.75. The predicted molar refractivity (Wildman–Crippen MR) is 90.2 cm³/mol. The number of amides is 1. The molecule has 1 aliphatic rings. The van der Waals surface area contributed by atoms with Gasteiger partial charge >= 0.3 is 0 Å². The van der Waals surface area contributed by atoms with Crippen molar-refractivity contribution in [2.75, 3.05) is 13.1 Å². The summed E-state index contributed by atoms with van der Waals surface area (Å²) in [5, 5.41) is 1.80. The van der Waals surface area contributed by atoms with Crippen molar-refractivity contribution in [1.29, 1.82) is 0 Å². The first kappa shape index (κ1) is 17.3. The summed E-state index contributed by atoms with van der Waals surface area (Å²) in [6.07, 6.45) is 2.01. The number of carbonyl (C=O) groups is 1. The standard InChI is InChI=1S/C15H18FN3O3S2/c16-12-4-3-11-8-14(23-13(11)9-12)24(21,22)18-19-7-5-10(15(19)20)2-1-6-17/h3-4,8-10,18H,1-2,5-7,17H2. The molecule has 1 aliphatic heterocycles. The fourth-order valence-electron chi connectivity index (χ4n) is 2.76. The molecule has 6 nitrogen and oxygen atoms in total. The van der Waals surface area contributed by atoms with Gasteiger partial charge < -0.3 is 5.73 Å². The summed E-state index contributed by atoms with van der Waals surface area (Å²) in [5.74, 6) is -0.828. The van der Waals surface area contributed by atoms with E-state index in [-0.39, 0.29) is 16.0 Å². The molecule has 0 bridgehead atoms. The van der Waals surface area contributed by atoms with Gasteiger partial charge in [0.1, 0.15) is 10.0 Å². The Hall–Kier alpha value is -1.55. The van der Waals surface area contributed by atoms with Gasteiger partial charge in [0.05, 0.1) is 0 Å². The zero-order valence-corrected chi connectivity index (χ0v) is 14.5. The van der Waals surface area contributed by atoms with Crippen LogP contribution in [-0.4, -0.2) is 32.4 Å². The van der Waals surface area contributed by atoms with Crippen LogP contribution in [0.3, 0.4) is 0 Å². The number of sulfonamides is 1. The number of benzene rings is 1. The number of nitrogens with two attached hydrogens (primary N) is 1. The van der Waals surface area contributed by atoms with Crippen molar-refractivity contribution in [1.82, 2.24) is 9.84 Å². The van der Waals surface area contributed by atoms with E-state index in [0.717, 1.165) is 22.8 Å². The molecule has 0 aliphatic carbocycles. The highest BCUT2D eigenvalue weighted by atomic mass is 32.2. The topological polar surface area (TPSA) is 92.5 Å². The summed E-state index contributed by atoms with van der Waals surface area (Å²) in [4.78, 5) is 14.6. The molecule has 1 aromatic heterocycles. The SMILES string of the molecule is NCCCC1CCN(NS(=O)(=O)c2cc3ccc(F)cc3s2)C1=O. The lowest BCUT2D eigenvalue weighted by Crippen LogP contribution is -2.43. The minimum Gasteiger partial charge on any atom is -0.330 e. The van der Waals surface area contributed by atoms with Crippen LogP contribution in [0.2, 0.25) is 0 Å². The highest BCUT2D eigenvalue weighted by molar-refractivity contribution is 7.91. The van der Waals surface area contributed by atoms with Gasteiger partial charge in [-0.2, -0.15) is 0 Å². The third-order valence-electron chi connectivity index (χ3n) is 4.03. The molecule has 2 aromatic rings. The molecule has 3 rings (SSSR count). The van der Waals surface area contributed by atoms with E-state index in [2.05, 4.69) is 4.83 Å². The average molecular weight is 371 g/mol. The first-order chi connectivity index (χ1) is 11.4. The van der Waals surface area contributed by atoms with Gasteiger partial charge in [0.2, 0.25) is 5.91 Å². The minimum absolute atomic E-state index is 0.0568. The molecular weight excluding hydrogens is 353 g/mol. The molecule has 0 radical (unpaired) electrons. The highest BCUT2D eigenvalue weighted by Crippen LogP contribution is 2.30. The van der Waals surface area contributed by atoms with E-state index < -0.39 is 15.8 Å². The second-order valence-electron chi connectivity index (χ2n) is 5.75. The molecule has 1 fully saturated rings. The predicted octanol–water partition coefficient (Wildman–Crippen LogP) is 1.82. The fraction of sp³-hybridized carbons (Fsp3) is 0.400. The van der Waals surface area contributed by atoms with Crippen molar-refractivity contribution >= 4 is 37.4 Å². The van der Waals surface area contributed by atoms with Gasteiger partial charge in [0, 0.05) is 17.2 Å². The molecule has 3 N–H and O–H groups in total. The number of fused-ring (bicyclic) bond motifs is 1. The maximum atomic E-state index is 13.2. The van der Waals surface area contributed by atoms with E-state index in [1.807, 2.05) is 0 Å². The molecule has 9 heteroatoms. The molecule has 1 unspecified atom stereocenters. The van der Waals surface area contributed by atoms with Gasteiger partial charge in [-0.25, -0.2) is 12.8 Å². The molecule has 0 spiro atoms. The zero-order valence-electron chi connectivity index (χ0n) is 12.9. The number of hydrogen-bond donors (Lipinski definition) is 2. The van der Waals surface area contributed by atoms with Gasteiger partial charge in [-0.05, 0) is 49.4 Å². The summed E-state index contributed by atoms with van der Waals surface area (Å²) in [6.45, 7) is 0.848. The van der Waals surface area contributed by atoms with E-state index >= 15 is 0 Å². The van der Waals surface area contributed by atoms with E-state index in [1.54, 1.807) is 0 Å². The molecule has 0 saturated carbocycles. The van der Waals surface area contributed by atoms with Crippen molar-refractivity contribution in [3.8, 4) is 0 Å². The Balaban J connectivity index is 1.77. The maximum absolute atomic E-state index is 13.2. The number of nitrogens with zero attached hydrogens (tertiary/aromatic N) is 1. The molecule has 2 heterocycles. The number of halogens is 1. The van der Waals surface area contributed by atoms with Crippen LogP contribution in [0.1, 0.15) is 19.3 Å². The smallest absolute Gasteiger partial charge is 0.267 e. The lowest BCUT2D eigenvalue weighted by Gasteiger charge is -2.17. The molecular formula is C15H18FN3O3S2. The Kier molecular flexibility index (Phi) is 4.86. The normalized spacial score (nSPS) is 18.7.